The van der Waals surface area contributed by atoms with E-state index in [4.69, 9.17) is 21.1 Å². The zero-order valence-corrected chi connectivity index (χ0v) is 21.0. The zero-order chi connectivity index (χ0) is 23.0. The van der Waals surface area contributed by atoms with Crippen molar-refractivity contribution in [2.75, 3.05) is 12.0 Å². The fourth-order valence-corrected chi connectivity index (χ4v) is 4.03. The second-order valence-electron chi connectivity index (χ2n) is 6.97. The average Bonchev–Trinajstić information content (AvgIpc) is 3.29. The number of aromatic nitrogens is 1. The Labute approximate surface area is 210 Å². The second-order valence-corrected chi connectivity index (χ2v) is 9.18. The van der Waals surface area contributed by atoms with Crippen LogP contribution in [0, 0.1) is 0 Å². The molecule has 0 aliphatic rings. The monoisotopic (exact) mass is 541 g/mol. The highest BCUT2D eigenvalue weighted by Gasteiger charge is 2.07. The molecule has 1 N–H and O–H groups in total. The molecule has 0 amide bonds. The molecule has 3 aromatic carbocycles. The molecule has 1 heterocycles. The molecular weight excluding hydrogens is 522 g/mol. The van der Waals surface area contributed by atoms with Crippen LogP contribution in [0.5, 0.6) is 11.5 Å². The molecule has 1 aromatic heterocycles. The third kappa shape index (κ3) is 6.57. The van der Waals surface area contributed by atoms with Crippen LogP contribution < -0.4 is 14.9 Å². The summed E-state index contributed by atoms with van der Waals surface area (Å²) in [5, 5.41) is 7.75. The first kappa shape index (κ1) is 23.3. The van der Waals surface area contributed by atoms with E-state index in [9.17, 15) is 0 Å². The normalized spacial score (nSPS) is 11.0. The number of hydrazone groups is 1. The van der Waals surface area contributed by atoms with Crippen LogP contribution in [0.4, 0.5) is 5.13 Å². The van der Waals surface area contributed by atoms with E-state index in [1.54, 1.807) is 6.21 Å². The zero-order valence-electron chi connectivity index (χ0n) is 17.8. The molecule has 4 rings (SSSR count). The Morgan fingerprint density at radius 2 is 1.82 bits per heavy atom. The van der Waals surface area contributed by atoms with E-state index in [-0.39, 0.29) is 0 Å². The molecular formula is C25H21BrClN3O2S. The summed E-state index contributed by atoms with van der Waals surface area (Å²) < 4.78 is 12.8. The van der Waals surface area contributed by atoms with Gasteiger partial charge in [0, 0.05) is 20.4 Å². The van der Waals surface area contributed by atoms with Crippen molar-refractivity contribution in [2.45, 2.75) is 13.5 Å². The van der Waals surface area contributed by atoms with E-state index in [2.05, 4.69) is 31.4 Å². The summed E-state index contributed by atoms with van der Waals surface area (Å²) in [5.41, 5.74) is 6.88. The van der Waals surface area contributed by atoms with Crippen molar-refractivity contribution >= 4 is 50.2 Å². The van der Waals surface area contributed by atoms with Gasteiger partial charge in [0.05, 0.1) is 18.5 Å². The van der Waals surface area contributed by atoms with Crippen LogP contribution in [0.15, 0.2) is 81.7 Å². The second kappa shape index (κ2) is 11.3. The maximum atomic E-state index is 5.96. The minimum Gasteiger partial charge on any atom is -0.490 e. The minimum absolute atomic E-state index is 0.428. The molecule has 0 aliphatic carbocycles. The number of nitrogens with one attached hydrogen (secondary N) is 1. The van der Waals surface area contributed by atoms with Crippen molar-refractivity contribution in [2.24, 2.45) is 5.10 Å². The predicted octanol–water partition coefficient (Wildman–Crippen LogP) is 7.65. The standard InChI is InChI=1S/C25H21BrClN3O2S/c1-2-31-24-13-18(5-12-23(24)32-15-17-3-10-21(27)11-4-17)14-28-30-25-29-22(16-33-25)19-6-8-20(26)9-7-19/h3-14,16H,2,15H2,1H3,(H,29,30)/b28-14-. The Morgan fingerprint density at radius 3 is 2.58 bits per heavy atom. The SMILES string of the molecule is CCOc1cc(/C=N\Nc2nc(-c3ccc(Br)cc3)cs2)ccc1OCc1ccc(Cl)cc1. The summed E-state index contributed by atoms with van der Waals surface area (Å²) in [7, 11) is 0. The van der Waals surface area contributed by atoms with Gasteiger partial charge < -0.3 is 9.47 Å². The lowest BCUT2D eigenvalue weighted by Crippen LogP contribution is -2.00. The number of hydrogen-bond donors (Lipinski definition) is 1. The Hall–Kier alpha value is -2.87. The van der Waals surface area contributed by atoms with Gasteiger partial charge in [-0.05, 0) is 60.5 Å². The lowest BCUT2D eigenvalue weighted by Gasteiger charge is -2.12. The lowest BCUT2D eigenvalue weighted by molar-refractivity contribution is 0.269. The van der Waals surface area contributed by atoms with Crippen LogP contribution >= 0.6 is 38.9 Å². The molecule has 0 fully saturated rings. The van der Waals surface area contributed by atoms with Gasteiger partial charge >= 0.3 is 0 Å². The smallest absolute Gasteiger partial charge is 0.203 e. The maximum absolute atomic E-state index is 5.96. The fraction of sp³-hybridized carbons (Fsp3) is 0.120. The van der Waals surface area contributed by atoms with Crippen molar-refractivity contribution in [3.63, 3.8) is 0 Å². The van der Waals surface area contributed by atoms with Crippen LogP contribution in [0.25, 0.3) is 11.3 Å². The van der Waals surface area contributed by atoms with Gasteiger partial charge in [0.1, 0.15) is 6.61 Å². The first-order valence-corrected chi connectivity index (χ1v) is 12.3. The van der Waals surface area contributed by atoms with E-state index in [0.717, 1.165) is 32.0 Å². The summed E-state index contributed by atoms with van der Waals surface area (Å²) in [6, 6.07) is 21.3. The van der Waals surface area contributed by atoms with Gasteiger partial charge in [-0.15, -0.1) is 11.3 Å². The molecule has 0 atom stereocenters. The van der Waals surface area contributed by atoms with Gasteiger partial charge in [-0.25, -0.2) is 4.98 Å². The third-order valence-electron chi connectivity index (χ3n) is 4.59. The van der Waals surface area contributed by atoms with Crippen LogP contribution in [0.1, 0.15) is 18.1 Å². The number of thiazole rings is 1. The van der Waals surface area contributed by atoms with Crippen molar-refractivity contribution < 1.29 is 9.47 Å². The molecule has 168 valence electrons. The van der Waals surface area contributed by atoms with E-state index >= 15 is 0 Å². The van der Waals surface area contributed by atoms with Gasteiger partial charge in [-0.1, -0.05) is 51.8 Å². The van der Waals surface area contributed by atoms with E-state index in [1.165, 1.54) is 11.3 Å². The van der Waals surface area contributed by atoms with Gasteiger partial charge in [0.2, 0.25) is 5.13 Å². The van der Waals surface area contributed by atoms with Gasteiger partial charge in [0.15, 0.2) is 11.5 Å². The largest absolute Gasteiger partial charge is 0.490 e. The average molecular weight is 543 g/mol. The van der Waals surface area contributed by atoms with Gasteiger partial charge in [-0.2, -0.15) is 5.10 Å². The number of hydrogen-bond acceptors (Lipinski definition) is 6. The lowest BCUT2D eigenvalue weighted by atomic mass is 10.2. The maximum Gasteiger partial charge on any atom is 0.203 e. The van der Waals surface area contributed by atoms with Crippen LogP contribution in [0.2, 0.25) is 5.02 Å². The summed E-state index contributed by atoms with van der Waals surface area (Å²) >= 11 is 10.9. The molecule has 0 spiro atoms. The molecule has 8 heteroatoms. The first-order chi connectivity index (χ1) is 16.1. The van der Waals surface area contributed by atoms with Crippen LogP contribution in [-0.4, -0.2) is 17.8 Å². The number of halogens is 2. The van der Waals surface area contributed by atoms with Crippen LogP contribution in [-0.2, 0) is 6.61 Å². The van der Waals surface area contributed by atoms with Gasteiger partial charge in [0.25, 0.3) is 0 Å². The Bertz CT molecular complexity index is 1230. The molecule has 4 aromatic rings. The summed E-state index contributed by atoms with van der Waals surface area (Å²) in [5.74, 6) is 1.35. The van der Waals surface area contributed by atoms with E-state index < -0.39 is 0 Å². The molecule has 0 unspecified atom stereocenters. The highest BCUT2D eigenvalue weighted by molar-refractivity contribution is 9.10. The molecule has 5 nitrogen and oxygen atoms in total. The Balaban J connectivity index is 1.39. The summed E-state index contributed by atoms with van der Waals surface area (Å²) in [6.45, 7) is 2.90. The summed E-state index contributed by atoms with van der Waals surface area (Å²) in [4.78, 5) is 4.59. The highest BCUT2D eigenvalue weighted by Crippen LogP contribution is 2.29. The number of nitrogens with zero attached hydrogens (tertiary/aromatic N) is 2. The number of ether oxygens (including phenoxy) is 2. The molecule has 0 saturated heterocycles. The minimum atomic E-state index is 0.428. The van der Waals surface area contributed by atoms with Crippen molar-refractivity contribution in [1.82, 2.24) is 4.98 Å². The molecule has 0 bridgehead atoms. The highest BCUT2D eigenvalue weighted by atomic mass is 79.9. The van der Waals surface area contributed by atoms with E-state index in [1.807, 2.05) is 79.0 Å². The van der Waals surface area contributed by atoms with Crippen molar-refractivity contribution in [3.05, 3.63) is 92.7 Å². The molecule has 0 aliphatic heterocycles. The third-order valence-corrected chi connectivity index (χ3v) is 6.12. The number of anilines is 1. The van der Waals surface area contributed by atoms with Crippen molar-refractivity contribution in [1.29, 1.82) is 0 Å². The number of rotatable bonds is 9. The summed E-state index contributed by atoms with van der Waals surface area (Å²) in [6.07, 6.45) is 1.73. The topological polar surface area (TPSA) is 55.7 Å². The Kier molecular flexibility index (Phi) is 7.99. The fourth-order valence-electron chi connectivity index (χ4n) is 2.97. The molecule has 0 saturated carbocycles. The quantitative estimate of drug-likeness (QED) is 0.174. The first-order valence-electron chi connectivity index (χ1n) is 10.3. The number of benzene rings is 3. The Morgan fingerprint density at radius 1 is 1.03 bits per heavy atom. The van der Waals surface area contributed by atoms with Crippen molar-refractivity contribution in [3.8, 4) is 22.8 Å². The molecule has 33 heavy (non-hydrogen) atoms. The predicted molar refractivity (Wildman–Crippen MR) is 140 cm³/mol. The van der Waals surface area contributed by atoms with Gasteiger partial charge in [-0.3, -0.25) is 5.43 Å². The molecule has 0 radical (unpaired) electrons. The van der Waals surface area contributed by atoms with E-state index in [0.29, 0.717) is 29.7 Å². The van der Waals surface area contributed by atoms with Crippen LogP contribution in [0.3, 0.4) is 0 Å².